The molecule has 0 saturated carbocycles. The van der Waals surface area contributed by atoms with Gasteiger partial charge in [-0.2, -0.15) is 0 Å². The first-order valence-electron chi connectivity index (χ1n) is 4.62. The smallest absolute Gasteiger partial charge is 0.259 e. The number of nitrogens with one attached hydrogen (secondary N) is 1. The van der Waals surface area contributed by atoms with E-state index >= 15 is 0 Å². The van der Waals surface area contributed by atoms with Crippen LogP contribution in [-0.4, -0.2) is 9.97 Å². The molecule has 0 saturated heterocycles. The van der Waals surface area contributed by atoms with Crippen molar-refractivity contribution in [2.45, 2.75) is 20.3 Å². The third-order valence-corrected chi connectivity index (χ3v) is 3.02. The maximum atomic E-state index is 11.6. The highest BCUT2D eigenvalue weighted by atomic mass is 32.1. The zero-order valence-electron chi connectivity index (χ0n) is 8.20. The van der Waals surface area contributed by atoms with E-state index in [1.165, 1.54) is 17.7 Å². The van der Waals surface area contributed by atoms with Crippen molar-refractivity contribution in [1.29, 1.82) is 0 Å². The zero-order valence-corrected chi connectivity index (χ0v) is 9.02. The van der Waals surface area contributed by atoms with E-state index in [1.807, 2.05) is 5.38 Å². The lowest BCUT2D eigenvalue weighted by Crippen LogP contribution is -2.07. The number of hydrogen-bond acceptors (Lipinski definition) is 3. The predicted molar refractivity (Wildman–Crippen MR) is 58.8 cm³/mol. The van der Waals surface area contributed by atoms with Gasteiger partial charge in [-0.05, 0) is 23.3 Å². The number of fused-ring (bicyclic) bond motifs is 1. The van der Waals surface area contributed by atoms with Crippen LogP contribution < -0.4 is 5.56 Å². The Hall–Kier alpha value is -1.16. The van der Waals surface area contributed by atoms with Crippen molar-refractivity contribution in [3.05, 3.63) is 27.6 Å². The van der Waals surface area contributed by atoms with Gasteiger partial charge in [-0.15, -0.1) is 11.3 Å². The molecular weight excluding hydrogens is 196 g/mol. The molecule has 0 aliphatic carbocycles. The van der Waals surface area contributed by atoms with E-state index in [1.54, 1.807) is 0 Å². The molecule has 0 aliphatic rings. The lowest BCUT2D eigenvalue weighted by atomic mass is 10.0. The SMILES string of the molecule is CC(C)Cc1csc2nc[nH]c(=O)c12. The molecule has 14 heavy (non-hydrogen) atoms. The summed E-state index contributed by atoms with van der Waals surface area (Å²) in [6.45, 7) is 4.29. The summed E-state index contributed by atoms with van der Waals surface area (Å²) in [4.78, 5) is 19.1. The Labute approximate surface area is 85.8 Å². The highest BCUT2D eigenvalue weighted by Gasteiger charge is 2.09. The molecule has 0 fully saturated rings. The summed E-state index contributed by atoms with van der Waals surface area (Å²) in [7, 11) is 0. The molecule has 74 valence electrons. The van der Waals surface area contributed by atoms with Crippen molar-refractivity contribution < 1.29 is 0 Å². The van der Waals surface area contributed by atoms with Gasteiger partial charge in [-0.1, -0.05) is 13.8 Å². The van der Waals surface area contributed by atoms with Crippen LogP contribution in [-0.2, 0) is 6.42 Å². The van der Waals surface area contributed by atoms with Gasteiger partial charge < -0.3 is 4.98 Å². The van der Waals surface area contributed by atoms with Crippen molar-refractivity contribution in [3.63, 3.8) is 0 Å². The molecule has 0 amide bonds. The number of H-pyrrole nitrogens is 1. The molecule has 0 radical (unpaired) electrons. The van der Waals surface area contributed by atoms with Crippen molar-refractivity contribution in [2.75, 3.05) is 0 Å². The van der Waals surface area contributed by atoms with Crippen LogP contribution in [0.2, 0.25) is 0 Å². The fourth-order valence-corrected chi connectivity index (χ4v) is 2.45. The summed E-state index contributed by atoms with van der Waals surface area (Å²) in [5, 5.41) is 2.80. The Morgan fingerprint density at radius 2 is 2.36 bits per heavy atom. The fraction of sp³-hybridized carbons (Fsp3) is 0.400. The first-order chi connectivity index (χ1) is 6.68. The van der Waals surface area contributed by atoms with Gasteiger partial charge in [0, 0.05) is 0 Å². The number of nitrogens with zero attached hydrogens (tertiary/aromatic N) is 1. The quantitative estimate of drug-likeness (QED) is 0.822. The average molecular weight is 208 g/mol. The summed E-state index contributed by atoms with van der Waals surface area (Å²) in [5.41, 5.74) is 1.10. The normalized spacial score (nSPS) is 11.4. The molecular formula is C10H12N2OS. The Kier molecular flexibility index (Phi) is 2.37. The van der Waals surface area contributed by atoms with Gasteiger partial charge in [0.15, 0.2) is 0 Å². The van der Waals surface area contributed by atoms with E-state index in [0.29, 0.717) is 5.92 Å². The Bertz CT molecular complexity index is 498. The minimum atomic E-state index is -0.0214. The molecule has 2 aromatic rings. The Balaban J connectivity index is 2.61. The molecule has 1 N–H and O–H groups in total. The van der Waals surface area contributed by atoms with Gasteiger partial charge in [0.05, 0.1) is 11.7 Å². The van der Waals surface area contributed by atoms with Crippen molar-refractivity contribution in [2.24, 2.45) is 5.92 Å². The molecule has 0 atom stereocenters. The third-order valence-electron chi connectivity index (χ3n) is 2.08. The third kappa shape index (κ3) is 1.57. The van der Waals surface area contributed by atoms with Gasteiger partial charge in [0.2, 0.25) is 0 Å². The first-order valence-corrected chi connectivity index (χ1v) is 5.50. The number of aromatic nitrogens is 2. The second kappa shape index (κ2) is 3.53. The fourth-order valence-electron chi connectivity index (χ4n) is 1.53. The topological polar surface area (TPSA) is 45.8 Å². The van der Waals surface area contributed by atoms with E-state index in [4.69, 9.17) is 0 Å². The zero-order chi connectivity index (χ0) is 10.1. The van der Waals surface area contributed by atoms with E-state index in [-0.39, 0.29) is 5.56 Å². The monoisotopic (exact) mass is 208 g/mol. The summed E-state index contributed by atoms with van der Waals surface area (Å²) in [6, 6.07) is 0. The molecule has 2 aromatic heterocycles. The van der Waals surface area contributed by atoms with E-state index in [2.05, 4.69) is 23.8 Å². The summed E-state index contributed by atoms with van der Waals surface area (Å²) < 4.78 is 0. The minimum Gasteiger partial charge on any atom is -0.313 e. The number of hydrogen-bond donors (Lipinski definition) is 1. The molecule has 0 aromatic carbocycles. The van der Waals surface area contributed by atoms with Crippen molar-refractivity contribution >= 4 is 21.6 Å². The van der Waals surface area contributed by atoms with Crippen LogP contribution in [0.15, 0.2) is 16.5 Å². The Morgan fingerprint density at radius 1 is 1.57 bits per heavy atom. The standard InChI is InChI=1S/C10H12N2OS/c1-6(2)3-7-4-14-10-8(7)9(13)11-5-12-10/h4-6H,3H2,1-2H3,(H,11,12,13). The second-order valence-corrected chi connectivity index (χ2v) is 4.63. The molecule has 4 heteroatoms. The molecule has 0 aliphatic heterocycles. The molecule has 0 spiro atoms. The molecule has 3 nitrogen and oxygen atoms in total. The maximum Gasteiger partial charge on any atom is 0.259 e. The van der Waals surface area contributed by atoms with Crippen LogP contribution in [0.5, 0.6) is 0 Å². The highest BCUT2D eigenvalue weighted by molar-refractivity contribution is 7.16. The van der Waals surface area contributed by atoms with E-state index < -0.39 is 0 Å². The van der Waals surface area contributed by atoms with E-state index in [9.17, 15) is 4.79 Å². The number of rotatable bonds is 2. The van der Waals surface area contributed by atoms with Crippen LogP contribution >= 0.6 is 11.3 Å². The van der Waals surface area contributed by atoms with Crippen LogP contribution in [0.25, 0.3) is 10.2 Å². The number of aromatic amines is 1. The lowest BCUT2D eigenvalue weighted by molar-refractivity contribution is 0.651. The van der Waals surface area contributed by atoms with E-state index in [0.717, 1.165) is 22.2 Å². The highest BCUT2D eigenvalue weighted by Crippen LogP contribution is 2.22. The van der Waals surface area contributed by atoms with Gasteiger partial charge in [0.1, 0.15) is 4.83 Å². The van der Waals surface area contributed by atoms with Crippen LogP contribution in [0.3, 0.4) is 0 Å². The second-order valence-electron chi connectivity index (χ2n) is 3.77. The summed E-state index contributed by atoms with van der Waals surface area (Å²) >= 11 is 1.54. The van der Waals surface area contributed by atoms with Crippen LogP contribution in [0.1, 0.15) is 19.4 Å². The molecule has 0 bridgehead atoms. The Morgan fingerprint density at radius 3 is 3.07 bits per heavy atom. The van der Waals surface area contributed by atoms with Crippen molar-refractivity contribution in [1.82, 2.24) is 9.97 Å². The largest absolute Gasteiger partial charge is 0.313 e. The van der Waals surface area contributed by atoms with Gasteiger partial charge in [-0.3, -0.25) is 4.79 Å². The van der Waals surface area contributed by atoms with Gasteiger partial charge >= 0.3 is 0 Å². The number of thiophene rings is 1. The van der Waals surface area contributed by atoms with Gasteiger partial charge in [-0.25, -0.2) is 4.98 Å². The maximum absolute atomic E-state index is 11.6. The minimum absolute atomic E-state index is 0.0214. The lowest BCUT2D eigenvalue weighted by Gasteiger charge is -2.01. The average Bonchev–Trinajstić information content (AvgIpc) is 2.49. The van der Waals surface area contributed by atoms with Crippen LogP contribution in [0, 0.1) is 5.92 Å². The first kappa shape index (κ1) is 9.40. The van der Waals surface area contributed by atoms with Gasteiger partial charge in [0.25, 0.3) is 5.56 Å². The molecule has 2 rings (SSSR count). The van der Waals surface area contributed by atoms with Crippen molar-refractivity contribution in [3.8, 4) is 0 Å². The predicted octanol–water partition coefficient (Wildman–Crippen LogP) is 2.18. The molecule has 2 heterocycles. The summed E-state index contributed by atoms with van der Waals surface area (Å²) in [6.07, 6.45) is 2.40. The van der Waals surface area contributed by atoms with Crippen LogP contribution in [0.4, 0.5) is 0 Å². The summed E-state index contributed by atoms with van der Waals surface area (Å²) in [5.74, 6) is 0.562. The molecule has 0 unspecified atom stereocenters.